The Balaban J connectivity index is 1.77. The van der Waals surface area contributed by atoms with Gasteiger partial charge in [0.15, 0.2) is 0 Å². The molecule has 1 aliphatic heterocycles. The fraction of sp³-hybridized carbons (Fsp3) is 0.556. The molecule has 1 unspecified atom stereocenters. The summed E-state index contributed by atoms with van der Waals surface area (Å²) in [5.41, 5.74) is 2.83. The number of hydrogen-bond acceptors (Lipinski definition) is 5. The molecule has 1 amide bonds. The maximum absolute atomic E-state index is 12.1. The zero-order valence-corrected chi connectivity index (χ0v) is 15.1. The normalized spacial score (nSPS) is 17.7. The quantitative estimate of drug-likeness (QED) is 0.825. The van der Waals surface area contributed by atoms with Crippen molar-refractivity contribution in [2.75, 3.05) is 26.8 Å². The van der Waals surface area contributed by atoms with Gasteiger partial charge in [-0.1, -0.05) is 0 Å². The first-order valence-corrected chi connectivity index (χ1v) is 8.65. The molecule has 7 nitrogen and oxygen atoms in total. The second kappa shape index (κ2) is 7.74. The van der Waals surface area contributed by atoms with Crippen LogP contribution in [-0.4, -0.2) is 57.1 Å². The fourth-order valence-electron chi connectivity index (χ4n) is 3.40. The highest BCUT2D eigenvalue weighted by Crippen LogP contribution is 2.26. The number of ether oxygens (including phenoxy) is 1. The number of aryl methyl sites for hydroxylation is 1. The van der Waals surface area contributed by atoms with Crippen LogP contribution in [0.3, 0.4) is 0 Å². The molecule has 7 heteroatoms. The number of nitrogens with zero attached hydrogens (tertiary/aromatic N) is 5. The minimum Gasteiger partial charge on any atom is -0.375 e. The van der Waals surface area contributed by atoms with Crippen LogP contribution in [0.5, 0.6) is 0 Å². The van der Waals surface area contributed by atoms with Crippen LogP contribution in [0.25, 0.3) is 11.4 Å². The van der Waals surface area contributed by atoms with Crippen molar-refractivity contribution in [3.05, 3.63) is 30.1 Å². The number of carbonyl (C=O) groups is 1. The third kappa shape index (κ3) is 3.87. The number of hydrogen-bond donors (Lipinski definition) is 0. The lowest BCUT2D eigenvalue weighted by Gasteiger charge is -2.32. The van der Waals surface area contributed by atoms with Gasteiger partial charge in [0.2, 0.25) is 5.91 Å². The van der Waals surface area contributed by atoms with Gasteiger partial charge in [0.1, 0.15) is 18.1 Å². The van der Waals surface area contributed by atoms with E-state index in [1.54, 1.807) is 19.5 Å². The molecule has 1 aliphatic rings. The predicted octanol–water partition coefficient (Wildman–Crippen LogP) is 1.61. The molecule has 0 aliphatic carbocycles. The summed E-state index contributed by atoms with van der Waals surface area (Å²) in [7, 11) is 3.54. The first-order chi connectivity index (χ1) is 12.1. The summed E-state index contributed by atoms with van der Waals surface area (Å²) in [6.07, 6.45) is 8.22. The Kier molecular flexibility index (Phi) is 5.43. The van der Waals surface area contributed by atoms with Gasteiger partial charge >= 0.3 is 0 Å². The van der Waals surface area contributed by atoms with E-state index < -0.39 is 0 Å². The van der Waals surface area contributed by atoms with Gasteiger partial charge in [0, 0.05) is 39.6 Å². The fourth-order valence-corrected chi connectivity index (χ4v) is 3.40. The van der Waals surface area contributed by atoms with E-state index in [9.17, 15) is 4.79 Å². The van der Waals surface area contributed by atoms with E-state index in [4.69, 9.17) is 4.74 Å². The van der Waals surface area contributed by atoms with Crippen LogP contribution in [0.4, 0.5) is 0 Å². The van der Waals surface area contributed by atoms with Crippen molar-refractivity contribution in [3.63, 3.8) is 0 Å². The van der Waals surface area contributed by atoms with Gasteiger partial charge in [-0.25, -0.2) is 4.98 Å². The molecule has 2 aromatic rings. The number of amides is 1. The molecule has 1 saturated heterocycles. The topological polar surface area (TPSA) is 73.1 Å². The Morgan fingerprint density at radius 3 is 2.84 bits per heavy atom. The van der Waals surface area contributed by atoms with Crippen molar-refractivity contribution < 1.29 is 9.53 Å². The summed E-state index contributed by atoms with van der Waals surface area (Å²) in [4.78, 5) is 27.5. The molecular weight excluding hydrogens is 318 g/mol. The van der Waals surface area contributed by atoms with Gasteiger partial charge < -0.3 is 14.2 Å². The second-order valence-corrected chi connectivity index (χ2v) is 6.59. The minimum absolute atomic E-state index is 0.0637. The van der Waals surface area contributed by atoms with Gasteiger partial charge in [-0.2, -0.15) is 0 Å². The van der Waals surface area contributed by atoms with Crippen LogP contribution in [0.2, 0.25) is 0 Å². The zero-order chi connectivity index (χ0) is 17.8. The summed E-state index contributed by atoms with van der Waals surface area (Å²) in [6, 6.07) is 0. The number of aromatic nitrogens is 4. The summed E-state index contributed by atoms with van der Waals surface area (Å²) in [5, 5.41) is 0. The lowest BCUT2D eigenvalue weighted by molar-refractivity contribution is -0.136. The van der Waals surface area contributed by atoms with Crippen LogP contribution >= 0.6 is 0 Å². The molecule has 0 spiro atoms. The van der Waals surface area contributed by atoms with Gasteiger partial charge in [-0.3, -0.25) is 14.8 Å². The van der Waals surface area contributed by atoms with E-state index in [0.29, 0.717) is 5.92 Å². The van der Waals surface area contributed by atoms with E-state index in [0.717, 1.165) is 55.3 Å². The van der Waals surface area contributed by atoms with Crippen LogP contribution in [0, 0.1) is 12.8 Å². The molecule has 0 aromatic carbocycles. The average Bonchev–Trinajstić information content (AvgIpc) is 2.95. The van der Waals surface area contributed by atoms with E-state index in [-0.39, 0.29) is 12.5 Å². The summed E-state index contributed by atoms with van der Waals surface area (Å²) < 4.78 is 7.01. The number of rotatable bonds is 5. The number of piperidine rings is 1. The Morgan fingerprint density at radius 1 is 1.32 bits per heavy atom. The highest BCUT2D eigenvalue weighted by molar-refractivity contribution is 5.77. The molecule has 1 atom stereocenters. The SMILES string of the molecule is COCC(=O)N1CCCC(Cc2nccnc2-c2cnc(C)n2C)C1. The Morgan fingerprint density at radius 2 is 2.12 bits per heavy atom. The molecule has 3 heterocycles. The molecular formula is C18H25N5O2. The van der Waals surface area contributed by atoms with Crippen molar-refractivity contribution in [3.8, 4) is 11.4 Å². The number of methoxy groups -OCH3 is 1. The van der Waals surface area contributed by atoms with Gasteiger partial charge in [0.25, 0.3) is 0 Å². The first kappa shape index (κ1) is 17.5. The molecule has 2 aromatic heterocycles. The maximum Gasteiger partial charge on any atom is 0.248 e. The first-order valence-electron chi connectivity index (χ1n) is 8.65. The number of imidazole rings is 1. The van der Waals surface area contributed by atoms with Crippen LogP contribution in [0.15, 0.2) is 18.6 Å². The highest BCUT2D eigenvalue weighted by atomic mass is 16.5. The second-order valence-electron chi connectivity index (χ2n) is 6.59. The predicted molar refractivity (Wildman–Crippen MR) is 93.9 cm³/mol. The Hall–Kier alpha value is -2.28. The van der Waals surface area contributed by atoms with Crippen molar-refractivity contribution in [2.24, 2.45) is 13.0 Å². The minimum atomic E-state index is 0.0637. The summed E-state index contributed by atoms with van der Waals surface area (Å²) in [5.74, 6) is 1.40. The van der Waals surface area contributed by atoms with Crippen molar-refractivity contribution >= 4 is 5.91 Å². The molecule has 3 rings (SSSR count). The largest absolute Gasteiger partial charge is 0.375 e. The lowest BCUT2D eigenvalue weighted by Crippen LogP contribution is -2.42. The van der Waals surface area contributed by atoms with Gasteiger partial charge in [0.05, 0.1) is 17.6 Å². The van der Waals surface area contributed by atoms with E-state index in [1.807, 2.05) is 29.6 Å². The van der Waals surface area contributed by atoms with E-state index in [1.165, 1.54) is 0 Å². The third-order valence-electron chi connectivity index (χ3n) is 4.86. The Bertz CT molecular complexity index is 743. The maximum atomic E-state index is 12.1. The molecule has 0 saturated carbocycles. The smallest absolute Gasteiger partial charge is 0.248 e. The number of likely N-dealkylation sites (tertiary alicyclic amines) is 1. The van der Waals surface area contributed by atoms with Crippen LogP contribution < -0.4 is 0 Å². The monoisotopic (exact) mass is 343 g/mol. The molecule has 0 N–H and O–H groups in total. The van der Waals surface area contributed by atoms with E-state index in [2.05, 4.69) is 15.0 Å². The molecule has 1 fully saturated rings. The lowest BCUT2D eigenvalue weighted by atomic mass is 9.92. The third-order valence-corrected chi connectivity index (χ3v) is 4.86. The molecule has 0 radical (unpaired) electrons. The number of carbonyl (C=O) groups excluding carboxylic acids is 1. The summed E-state index contributed by atoms with van der Waals surface area (Å²) >= 11 is 0. The molecule has 0 bridgehead atoms. The molecule has 134 valence electrons. The Labute approximate surface area is 148 Å². The highest BCUT2D eigenvalue weighted by Gasteiger charge is 2.25. The van der Waals surface area contributed by atoms with Crippen LogP contribution in [0.1, 0.15) is 24.4 Å². The van der Waals surface area contributed by atoms with Crippen molar-refractivity contribution in [2.45, 2.75) is 26.2 Å². The standard InChI is InChI=1S/C18H25N5O2/c1-13-21-10-16(22(13)2)18-15(19-6-7-20-18)9-14-5-4-8-23(11-14)17(24)12-25-3/h6-7,10,14H,4-5,8-9,11-12H2,1-3H3. The van der Waals surface area contributed by atoms with Crippen molar-refractivity contribution in [1.82, 2.24) is 24.4 Å². The zero-order valence-electron chi connectivity index (χ0n) is 15.1. The molecule has 25 heavy (non-hydrogen) atoms. The van der Waals surface area contributed by atoms with Crippen molar-refractivity contribution in [1.29, 1.82) is 0 Å². The average molecular weight is 343 g/mol. The van der Waals surface area contributed by atoms with E-state index >= 15 is 0 Å². The van der Waals surface area contributed by atoms with Crippen LogP contribution in [-0.2, 0) is 23.0 Å². The van der Waals surface area contributed by atoms with Gasteiger partial charge in [-0.05, 0) is 32.1 Å². The summed E-state index contributed by atoms with van der Waals surface area (Å²) in [6.45, 7) is 3.69. The van der Waals surface area contributed by atoms with Gasteiger partial charge in [-0.15, -0.1) is 0 Å².